The third kappa shape index (κ3) is 7.20. The SMILES string of the molecule is C[C@@H](N)c1cc(F)c(C[C@@H](N)c2cccc(C(C)(O)CC[C@@H](N)c3cccc(C(F)F)c3F)c2)c(C(F)(F)F)c1. The smallest absolute Gasteiger partial charge is 0.385 e. The summed E-state index contributed by atoms with van der Waals surface area (Å²) < 4.78 is 96.7. The van der Waals surface area contributed by atoms with E-state index in [4.69, 9.17) is 17.2 Å². The maximum absolute atomic E-state index is 14.8. The van der Waals surface area contributed by atoms with Crippen LogP contribution >= 0.6 is 0 Å². The van der Waals surface area contributed by atoms with Gasteiger partial charge in [0.25, 0.3) is 6.43 Å². The fraction of sp³-hybridized carbons (Fsp3) is 0.379. The number of hydrogen-bond acceptors (Lipinski definition) is 4. The van der Waals surface area contributed by atoms with Crippen LogP contribution in [0.25, 0.3) is 0 Å². The van der Waals surface area contributed by atoms with Crippen molar-refractivity contribution in [2.75, 3.05) is 0 Å². The predicted molar refractivity (Wildman–Crippen MR) is 138 cm³/mol. The van der Waals surface area contributed by atoms with Gasteiger partial charge in [-0.15, -0.1) is 0 Å². The first-order valence-electron chi connectivity index (χ1n) is 12.6. The standard InChI is InChI=1S/C29H32F7N3O/c1-15(37)17-12-22(29(34,35)36)21(23(30)13-17)14-25(39)16-5-3-6-18(11-16)28(2,40)10-9-24(38)19-7-4-8-20(26(19)31)27(32)33/h3-8,11-13,15,24-25,27,40H,9-10,14,37-39H2,1-2H3/t15-,24-,25-,28?/m1/s1. The number of halogens is 7. The van der Waals surface area contributed by atoms with Gasteiger partial charge >= 0.3 is 6.18 Å². The average molecular weight is 572 g/mol. The van der Waals surface area contributed by atoms with E-state index in [-0.39, 0.29) is 24.0 Å². The highest BCUT2D eigenvalue weighted by Crippen LogP contribution is 2.37. The zero-order chi connectivity index (χ0) is 30.0. The molecule has 0 saturated heterocycles. The Hall–Kier alpha value is -2.99. The van der Waals surface area contributed by atoms with E-state index in [1.807, 2.05) is 0 Å². The molecule has 218 valence electrons. The van der Waals surface area contributed by atoms with Crippen molar-refractivity contribution >= 4 is 0 Å². The summed E-state index contributed by atoms with van der Waals surface area (Å²) in [7, 11) is 0. The Kier molecular flexibility index (Phi) is 9.66. The van der Waals surface area contributed by atoms with Crippen molar-refractivity contribution in [2.45, 2.75) is 69.4 Å². The molecule has 0 fully saturated rings. The molecule has 0 bridgehead atoms. The molecule has 40 heavy (non-hydrogen) atoms. The van der Waals surface area contributed by atoms with E-state index in [9.17, 15) is 35.8 Å². The van der Waals surface area contributed by atoms with Gasteiger partial charge in [0.1, 0.15) is 11.6 Å². The van der Waals surface area contributed by atoms with Crippen LogP contribution < -0.4 is 17.2 Å². The van der Waals surface area contributed by atoms with Gasteiger partial charge in [0.15, 0.2) is 0 Å². The fourth-order valence-electron chi connectivity index (χ4n) is 4.58. The van der Waals surface area contributed by atoms with E-state index in [1.165, 1.54) is 32.0 Å². The third-order valence-electron chi connectivity index (χ3n) is 7.04. The second kappa shape index (κ2) is 12.3. The van der Waals surface area contributed by atoms with E-state index >= 15 is 0 Å². The first-order chi connectivity index (χ1) is 18.5. The minimum absolute atomic E-state index is 0.000729. The summed E-state index contributed by atoms with van der Waals surface area (Å²) in [5, 5.41) is 11.1. The number of alkyl halides is 5. The highest BCUT2D eigenvalue weighted by molar-refractivity contribution is 5.39. The molecule has 0 aliphatic heterocycles. The number of aliphatic hydroxyl groups is 1. The van der Waals surface area contributed by atoms with Crippen LogP contribution in [0.5, 0.6) is 0 Å². The number of benzene rings is 3. The van der Waals surface area contributed by atoms with Crippen LogP contribution in [0.1, 0.15) is 90.2 Å². The fourth-order valence-corrected chi connectivity index (χ4v) is 4.58. The molecule has 0 radical (unpaired) electrons. The second-order valence-corrected chi connectivity index (χ2v) is 10.2. The van der Waals surface area contributed by atoms with Crippen molar-refractivity contribution in [3.8, 4) is 0 Å². The summed E-state index contributed by atoms with van der Waals surface area (Å²) in [5.74, 6) is -2.17. The van der Waals surface area contributed by atoms with Gasteiger partial charge in [0, 0.05) is 29.3 Å². The zero-order valence-corrected chi connectivity index (χ0v) is 22.0. The maximum Gasteiger partial charge on any atom is 0.416 e. The van der Waals surface area contributed by atoms with Crippen LogP contribution in [0.2, 0.25) is 0 Å². The van der Waals surface area contributed by atoms with Gasteiger partial charge in [-0.2, -0.15) is 13.2 Å². The summed E-state index contributed by atoms with van der Waals surface area (Å²) in [6, 6.07) is 8.64. The van der Waals surface area contributed by atoms with E-state index in [2.05, 4.69) is 0 Å². The van der Waals surface area contributed by atoms with Crippen LogP contribution in [0, 0.1) is 11.6 Å². The monoisotopic (exact) mass is 571 g/mol. The summed E-state index contributed by atoms with van der Waals surface area (Å²) in [6.45, 7) is 2.91. The van der Waals surface area contributed by atoms with E-state index in [0.717, 1.165) is 18.2 Å². The van der Waals surface area contributed by atoms with Gasteiger partial charge in [0.05, 0.1) is 16.7 Å². The van der Waals surface area contributed by atoms with Crippen LogP contribution in [0.15, 0.2) is 54.6 Å². The Morgan fingerprint density at radius 2 is 1.48 bits per heavy atom. The topological polar surface area (TPSA) is 98.3 Å². The van der Waals surface area contributed by atoms with Crippen molar-refractivity contribution in [2.24, 2.45) is 17.2 Å². The molecule has 0 heterocycles. The van der Waals surface area contributed by atoms with Crippen LogP contribution in [-0.2, 0) is 18.2 Å². The van der Waals surface area contributed by atoms with Crippen molar-refractivity contribution in [1.29, 1.82) is 0 Å². The summed E-state index contributed by atoms with van der Waals surface area (Å²) in [6.07, 6.45) is -8.30. The molecule has 0 spiro atoms. The Balaban J connectivity index is 1.81. The van der Waals surface area contributed by atoms with Gasteiger partial charge in [-0.25, -0.2) is 17.6 Å². The second-order valence-electron chi connectivity index (χ2n) is 10.2. The number of nitrogens with two attached hydrogens (primary N) is 3. The molecule has 0 aromatic heterocycles. The minimum Gasteiger partial charge on any atom is -0.385 e. The van der Waals surface area contributed by atoms with E-state index in [0.29, 0.717) is 11.1 Å². The molecular weight excluding hydrogens is 539 g/mol. The molecule has 11 heteroatoms. The van der Waals surface area contributed by atoms with Crippen LogP contribution in [-0.4, -0.2) is 5.11 Å². The molecule has 3 aromatic carbocycles. The zero-order valence-electron chi connectivity index (χ0n) is 22.0. The Morgan fingerprint density at radius 1 is 0.850 bits per heavy atom. The molecule has 0 aliphatic carbocycles. The average Bonchev–Trinajstić information content (AvgIpc) is 2.87. The lowest BCUT2D eigenvalue weighted by atomic mass is 9.86. The molecule has 0 aliphatic rings. The molecule has 3 aromatic rings. The molecule has 0 amide bonds. The third-order valence-corrected chi connectivity index (χ3v) is 7.04. The molecule has 7 N–H and O–H groups in total. The maximum atomic E-state index is 14.8. The van der Waals surface area contributed by atoms with Gasteiger partial charge in [-0.1, -0.05) is 42.5 Å². The Morgan fingerprint density at radius 3 is 2.08 bits per heavy atom. The van der Waals surface area contributed by atoms with Gasteiger partial charge in [-0.3, -0.25) is 0 Å². The highest BCUT2D eigenvalue weighted by Gasteiger charge is 2.36. The molecular formula is C29H32F7N3O. The summed E-state index contributed by atoms with van der Waals surface area (Å²) >= 11 is 0. The molecule has 1 unspecified atom stereocenters. The molecule has 3 rings (SSSR count). The highest BCUT2D eigenvalue weighted by atomic mass is 19.4. The Labute approximate surface area is 228 Å². The van der Waals surface area contributed by atoms with Crippen LogP contribution in [0.4, 0.5) is 30.7 Å². The molecule has 4 atom stereocenters. The lowest BCUT2D eigenvalue weighted by Gasteiger charge is -2.27. The van der Waals surface area contributed by atoms with E-state index < -0.39 is 71.1 Å². The number of hydrogen-bond donors (Lipinski definition) is 4. The van der Waals surface area contributed by atoms with Crippen molar-refractivity contribution in [3.05, 3.63) is 105 Å². The molecule has 0 saturated carbocycles. The van der Waals surface area contributed by atoms with Crippen molar-refractivity contribution in [1.82, 2.24) is 0 Å². The predicted octanol–water partition coefficient (Wildman–Crippen LogP) is 6.87. The Bertz CT molecular complexity index is 1330. The van der Waals surface area contributed by atoms with Crippen molar-refractivity contribution in [3.63, 3.8) is 0 Å². The van der Waals surface area contributed by atoms with Crippen LogP contribution in [0.3, 0.4) is 0 Å². The quantitative estimate of drug-likeness (QED) is 0.200. The summed E-state index contributed by atoms with van der Waals surface area (Å²) in [5.41, 5.74) is 14.5. The largest absolute Gasteiger partial charge is 0.416 e. The van der Waals surface area contributed by atoms with Gasteiger partial charge < -0.3 is 22.3 Å². The lowest BCUT2D eigenvalue weighted by Crippen LogP contribution is -2.25. The number of rotatable bonds is 10. The first kappa shape index (κ1) is 31.5. The minimum atomic E-state index is -4.83. The van der Waals surface area contributed by atoms with Gasteiger partial charge in [-0.05, 0) is 61.9 Å². The normalized spacial score (nSPS) is 16.1. The molecule has 4 nitrogen and oxygen atoms in total. The first-order valence-corrected chi connectivity index (χ1v) is 12.6. The van der Waals surface area contributed by atoms with Crippen molar-refractivity contribution < 1.29 is 35.8 Å². The van der Waals surface area contributed by atoms with Gasteiger partial charge in [0.2, 0.25) is 0 Å². The lowest BCUT2D eigenvalue weighted by molar-refractivity contribution is -0.138. The van der Waals surface area contributed by atoms with E-state index in [1.54, 1.807) is 18.2 Å². The summed E-state index contributed by atoms with van der Waals surface area (Å²) in [4.78, 5) is 0.